The molecule has 0 aliphatic carbocycles. The van der Waals surface area contributed by atoms with E-state index in [2.05, 4.69) is 10.2 Å². The number of hydrogen-bond donors (Lipinski definition) is 0. The molecule has 2 rings (SSSR count). The Morgan fingerprint density at radius 1 is 1.13 bits per heavy atom. The van der Waals surface area contributed by atoms with Gasteiger partial charge in [-0.1, -0.05) is 0 Å². The van der Waals surface area contributed by atoms with Gasteiger partial charge in [-0.25, -0.2) is 4.68 Å². The Labute approximate surface area is 87.3 Å². The summed E-state index contributed by atoms with van der Waals surface area (Å²) in [4.78, 5) is 11.5. The molecule has 0 aliphatic rings. The summed E-state index contributed by atoms with van der Waals surface area (Å²) in [6.07, 6.45) is 8.15. The minimum absolute atomic E-state index is 0.0205. The third-order valence-electron chi connectivity index (χ3n) is 2.10. The van der Waals surface area contributed by atoms with Crippen LogP contribution in [0.4, 0.5) is 0 Å². The van der Waals surface area contributed by atoms with E-state index < -0.39 is 0 Å². The Balaban J connectivity index is 1.77. The molecule has 0 N–H and O–H groups in total. The molecule has 5 heteroatoms. The van der Waals surface area contributed by atoms with Crippen LogP contribution in [0.5, 0.6) is 0 Å². The molecule has 0 atom stereocenters. The van der Waals surface area contributed by atoms with E-state index in [-0.39, 0.29) is 5.91 Å². The predicted octanol–water partition coefficient (Wildman–Crippen LogP) is 1.20. The molecule has 0 saturated carbocycles. The molecule has 0 unspecified atom stereocenters. The first kappa shape index (κ1) is 9.64. The van der Waals surface area contributed by atoms with Gasteiger partial charge in [0.05, 0.1) is 0 Å². The molecular weight excluding hydrogens is 192 g/mol. The van der Waals surface area contributed by atoms with E-state index in [1.807, 2.05) is 16.9 Å². The van der Waals surface area contributed by atoms with Gasteiger partial charge in [0.1, 0.15) is 0 Å². The second kappa shape index (κ2) is 4.54. The lowest BCUT2D eigenvalue weighted by Gasteiger charge is -2.01. The van der Waals surface area contributed by atoms with Gasteiger partial charge in [0.25, 0.3) is 0 Å². The van der Waals surface area contributed by atoms with Crippen molar-refractivity contribution in [2.45, 2.75) is 19.4 Å². The molecule has 0 amide bonds. The summed E-state index contributed by atoms with van der Waals surface area (Å²) in [6.45, 7) is 0.764. The highest BCUT2D eigenvalue weighted by Crippen LogP contribution is 1.97. The fourth-order valence-corrected chi connectivity index (χ4v) is 1.36. The molecule has 78 valence electrons. The third-order valence-corrected chi connectivity index (χ3v) is 2.10. The zero-order chi connectivity index (χ0) is 10.5. The number of nitrogens with zero attached hydrogens (tertiary/aromatic N) is 4. The van der Waals surface area contributed by atoms with Gasteiger partial charge in [-0.15, -0.1) is 0 Å². The highest BCUT2D eigenvalue weighted by atomic mass is 16.2. The van der Waals surface area contributed by atoms with Crippen LogP contribution in [-0.4, -0.2) is 25.5 Å². The largest absolute Gasteiger partial charge is 0.273 e. The summed E-state index contributed by atoms with van der Waals surface area (Å²) < 4.78 is 3.18. The normalized spacial score (nSPS) is 10.4. The van der Waals surface area contributed by atoms with Crippen molar-refractivity contribution in [1.82, 2.24) is 19.6 Å². The summed E-state index contributed by atoms with van der Waals surface area (Å²) in [5, 5.41) is 7.94. The molecule has 0 fully saturated rings. The monoisotopic (exact) mass is 204 g/mol. The quantitative estimate of drug-likeness (QED) is 0.752. The predicted molar refractivity (Wildman–Crippen MR) is 54.3 cm³/mol. The Bertz CT molecular complexity index is 405. The van der Waals surface area contributed by atoms with Crippen LogP contribution in [0.3, 0.4) is 0 Å². The van der Waals surface area contributed by atoms with Gasteiger partial charge >= 0.3 is 0 Å². The Kier molecular flexibility index (Phi) is 2.92. The van der Waals surface area contributed by atoms with Crippen molar-refractivity contribution >= 4 is 5.91 Å². The van der Waals surface area contributed by atoms with E-state index in [4.69, 9.17) is 0 Å². The van der Waals surface area contributed by atoms with Crippen molar-refractivity contribution in [3.8, 4) is 0 Å². The van der Waals surface area contributed by atoms with Gasteiger partial charge in [0, 0.05) is 37.8 Å². The molecule has 0 aliphatic heterocycles. The third kappa shape index (κ3) is 2.52. The summed E-state index contributed by atoms with van der Waals surface area (Å²) in [5.74, 6) is 0.0205. The Hall–Kier alpha value is -1.91. The summed E-state index contributed by atoms with van der Waals surface area (Å²) in [7, 11) is 0. The molecule has 0 aromatic carbocycles. The van der Waals surface area contributed by atoms with E-state index in [1.54, 1.807) is 24.7 Å². The van der Waals surface area contributed by atoms with Crippen molar-refractivity contribution in [3.05, 3.63) is 36.9 Å². The number of rotatable bonds is 4. The van der Waals surface area contributed by atoms with E-state index >= 15 is 0 Å². The lowest BCUT2D eigenvalue weighted by molar-refractivity contribution is 0.0882. The second-order valence-electron chi connectivity index (χ2n) is 3.22. The van der Waals surface area contributed by atoms with Crippen LogP contribution in [0.25, 0.3) is 0 Å². The SMILES string of the molecule is O=C(CCCn1cccn1)n1cccn1. The van der Waals surface area contributed by atoms with Gasteiger partial charge in [-0.05, 0) is 18.6 Å². The Morgan fingerprint density at radius 2 is 1.93 bits per heavy atom. The first-order chi connectivity index (χ1) is 7.36. The van der Waals surface area contributed by atoms with Crippen LogP contribution >= 0.6 is 0 Å². The standard InChI is InChI=1S/C10H12N4O/c15-10(14-9-3-6-12-14)4-1-7-13-8-2-5-11-13/h2-3,5-6,8-9H,1,4,7H2. The Morgan fingerprint density at radius 3 is 2.60 bits per heavy atom. The molecule has 15 heavy (non-hydrogen) atoms. The van der Waals surface area contributed by atoms with Gasteiger partial charge in [-0.2, -0.15) is 10.2 Å². The highest BCUT2D eigenvalue weighted by molar-refractivity contribution is 5.77. The molecular formula is C10H12N4O. The van der Waals surface area contributed by atoms with Crippen molar-refractivity contribution in [3.63, 3.8) is 0 Å². The zero-order valence-corrected chi connectivity index (χ0v) is 8.28. The highest BCUT2D eigenvalue weighted by Gasteiger charge is 2.03. The number of aryl methyl sites for hydroxylation is 1. The first-order valence-electron chi connectivity index (χ1n) is 4.86. The van der Waals surface area contributed by atoms with Crippen molar-refractivity contribution in [2.75, 3.05) is 0 Å². The molecule has 0 bridgehead atoms. The number of aromatic nitrogens is 4. The van der Waals surface area contributed by atoms with Gasteiger partial charge in [0.2, 0.25) is 5.91 Å². The summed E-state index contributed by atoms with van der Waals surface area (Å²) >= 11 is 0. The fourth-order valence-electron chi connectivity index (χ4n) is 1.36. The van der Waals surface area contributed by atoms with Crippen LogP contribution < -0.4 is 0 Å². The summed E-state index contributed by atoms with van der Waals surface area (Å²) in [6, 6.07) is 3.61. The van der Waals surface area contributed by atoms with Gasteiger partial charge < -0.3 is 0 Å². The maximum absolute atomic E-state index is 11.5. The van der Waals surface area contributed by atoms with Crippen LogP contribution in [0, 0.1) is 0 Å². The second-order valence-corrected chi connectivity index (χ2v) is 3.22. The van der Waals surface area contributed by atoms with Crippen LogP contribution in [-0.2, 0) is 6.54 Å². The molecule has 2 heterocycles. The van der Waals surface area contributed by atoms with E-state index in [0.717, 1.165) is 13.0 Å². The number of hydrogen-bond acceptors (Lipinski definition) is 3. The fraction of sp³-hybridized carbons (Fsp3) is 0.300. The van der Waals surface area contributed by atoms with E-state index in [0.29, 0.717) is 6.42 Å². The molecule has 0 spiro atoms. The smallest absolute Gasteiger partial charge is 0.246 e. The van der Waals surface area contributed by atoms with Crippen molar-refractivity contribution in [1.29, 1.82) is 0 Å². The molecule has 2 aromatic rings. The average Bonchev–Trinajstić information content (AvgIpc) is 2.90. The molecule has 0 radical (unpaired) electrons. The first-order valence-corrected chi connectivity index (χ1v) is 4.86. The number of carbonyl (C=O) groups is 1. The van der Waals surface area contributed by atoms with Gasteiger partial charge in [-0.3, -0.25) is 9.48 Å². The minimum Gasteiger partial charge on any atom is -0.273 e. The van der Waals surface area contributed by atoms with E-state index in [9.17, 15) is 4.79 Å². The minimum atomic E-state index is 0.0205. The lowest BCUT2D eigenvalue weighted by atomic mass is 10.3. The maximum atomic E-state index is 11.5. The lowest BCUT2D eigenvalue weighted by Crippen LogP contribution is -2.12. The molecule has 5 nitrogen and oxygen atoms in total. The molecule has 0 saturated heterocycles. The van der Waals surface area contributed by atoms with Crippen molar-refractivity contribution in [2.24, 2.45) is 0 Å². The van der Waals surface area contributed by atoms with Crippen LogP contribution in [0.1, 0.15) is 17.6 Å². The topological polar surface area (TPSA) is 52.7 Å². The maximum Gasteiger partial charge on any atom is 0.246 e. The van der Waals surface area contributed by atoms with E-state index in [1.165, 1.54) is 4.68 Å². The average molecular weight is 204 g/mol. The van der Waals surface area contributed by atoms with Crippen molar-refractivity contribution < 1.29 is 4.79 Å². The number of carbonyl (C=O) groups excluding carboxylic acids is 1. The van der Waals surface area contributed by atoms with Crippen LogP contribution in [0.15, 0.2) is 36.9 Å². The zero-order valence-electron chi connectivity index (χ0n) is 8.28. The van der Waals surface area contributed by atoms with Crippen LogP contribution in [0.2, 0.25) is 0 Å². The van der Waals surface area contributed by atoms with Gasteiger partial charge in [0.15, 0.2) is 0 Å². The molecule has 2 aromatic heterocycles. The summed E-state index contributed by atoms with van der Waals surface area (Å²) in [5.41, 5.74) is 0.